The third-order valence-corrected chi connectivity index (χ3v) is 5.05. The standard InChI is InChI=1S/C19H31N3O2/c1-15-6-5-11-22(18(15)14-23)13-19(24)21(4)12-16-7-9-17(10-8-16)20(2)3/h7-10,15,18,23H,5-6,11-14H2,1-4H3. The summed E-state index contributed by atoms with van der Waals surface area (Å²) in [5, 5.41) is 9.62. The van der Waals surface area contributed by atoms with Crippen LogP contribution in [0.2, 0.25) is 0 Å². The molecular formula is C19H31N3O2. The van der Waals surface area contributed by atoms with Crippen molar-refractivity contribution in [3.05, 3.63) is 29.8 Å². The quantitative estimate of drug-likeness (QED) is 0.862. The molecule has 0 aliphatic carbocycles. The van der Waals surface area contributed by atoms with Crippen LogP contribution < -0.4 is 4.90 Å². The fourth-order valence-corrected chi connectivity index (χ4v) is 3.38. The molecule has 0 bridgehead atoms. The van der Waals surface area contributed by atoms with E-state index >= 15 is 0 Å². The first-order chi connectivity index (χ1) is 11.4. The van der Waals surface area contributed by atoms with Gasteiger partial charge in [0, 0.05) is 39.4 Å². The molecule has 1 aliphatic heterocycles. The molecule has 1 aromatic carbocycles. The Kier molecular flexibility index (Phi) is 6.63. The SMILES string of the molecule is CC1CCCN(CC(=O)N(C)Cc2ccc(N(C)C)cc2)C1CO. The fourth-order valence-electron chi connectivity index (χ4n) is 3.38. The zero-order valence-electron chi connectivity index (χ0n) is 15.4. The molecule has 2 atom stereocenters. The van der Waals surface area contributed by atoms with Crippen molar-refractivity contribution in [1.82, 2.24) is 9.80 Å². The second-order valence-electron chi connectivity index (χ2n) is 7.15. The van der Waals surface area contributed by atoms with Gasteiger partial charge < -0.3 is 14.9 Å². The molecule has 1 heterocycles. The van der Waals surface area contributed by atoms with E-state index in [1.54, 1.807) is 4.90 Å². The largest absolute Gasteiger partial charge is 0.395 e. The second-order valence-corrected chi connectivity index (χ2v) is 7.15. The molecule has 1 saturated heterocycles. The highest BCUT2D eigenvalue weighted by Crippen LogP contribution is 2.23. The predicted molar refractivity (Wildman–Crippen MR) is 98.1 cm³/mol. The smallest absolute Gasteiger partial charge is 0.236 e. The van der Waals surface area contributed by atoms with Crippen LogP contribution in [0.25, 0.3) is 0 Å². The van der Waals surface area contributed by atoms with Crippen LogP contribution in [0.15, 0.2) is 24.3 Å². The Morgan fingerprint density at radius 2 is 1.92 bits per heavy atom. The maximum Gasteiger partial charge on any atom is 0.236 e. The molecule has 0 spiro atoms. The van der Waals surface area contributed by atoms with Gasteiger partial charge in [-0.05, 0) is 43.0 Å². The average molecular weight is 333 g/mol. The minimum atomic E-state index is 0.107. The van der Waals surface area contributed by atoms with Gasteiger partial charge in [0.1, 0.15) is 0 Å². The Morgan fingerprint density at radius 3 is 2.50 bits per heavy atom. The van der Waals surface area contributed by atoms with Crippen LogP contribution in [0.5, 0.6) is 0 Å². The van der Waals surface area contributed by atoms with Crippen molar-refractivity contribution in [2.24, 2.45) is 5.92 Å². The maximum atomic E-state index is 12.6. The van der Waals surface area contributed by atoms with Crippen LogP contribution in [0.3, 0.4) is 0 Å². The molecule has 1 aliphatic rings. The molecule has 1 aromatic rings. The molecule has 0 aromatic heterocycles. The first-order valence-electron chi connectivity index (χ1n) is 8.77. The van der Waals surface area contributed by atoms with E-state index in [1.807, 2.05) is 21.1 Å². The second kappa shape index (κ2) is 8.49. The molecule has 1 amide bonds. The van der Waals surface area contributed by atoms with E-state index in [0.29, 0.717) is 19.0 Å². The van der Waals surface area contributed by atoms with Crippen molar-refractivity contribution in [2.45, 2.75) is 32.4 Å². The predicted octanol–water partition coefficient (Wildman–Crippen LogP) is 1.80. The van der Waals surface area contributed by atoms with Gasteiger partial charge in [-0.2, -0.15) is 0 Å². The minimum absolute atomic E-state index is 0.107. The van der Waals surface area contributed by atoms with Crippen LogP contribution in [0.1, 0.15) is 25.3 Å². The van der Waals surface area contributed by atoms with E-state index in [1.165, 1.54) is 0 Å². The van der Waals surface area contributed by atoms with Crippen LogP contribution in [0.4, 0.5) is 5.69 Å². The number of carbonyl (C=O) groups excluding carboxylic acids is 1. The van der Waals surface area contributed by atoms with Gasteiger partial charge in [0.05, 0.1) is 13.2 Å². The van der Waals surface area contributed by atoms with Crippen LogP contribution >= 0.6 is 0 Å². The number of aliphatic hydroxyl groups is 1. The fraction of sp³-hybridized carbons (Fsp3) is 0.632. The lowest BCUT2D eigenvalue weighted by Gasteiger charge is -2.39. The number of piperidine rings is 1. The third kappa shape index (κ3) is 4.71. The summed E-state index contributed by atoms with van der Waals surface area (Å²) < 4.78 is 0. The number of hydrogen-bond donors (Lipinski definition) is 1. The van der Waals surface area contributed by atoms with Gasteiger partial charge in [-0.25, -0.2) is 0 Å². The van der Waals surface area contributed by atoms with Gasteiger partial charge in [-0.15, -0.1) is 0 Å². The van der Waals surface area contributed by atoms with Crippen LogP contribution in [0, 0.1) is 5.92 Å². The Morgan fingerprint density at radius 1 is 1.25 bits per heavy atom. The highest BCUT2D eigenvalue weighted by atomic mass is 16.3. The van der Waals surface area contributed by atoms with Gasteiger partial charge >= 0.3 is 0 Å². The molecule has 1 fully saturated rings. The summed E-state index contributed by atoms with van der Waals surface area (Å²) in [5.41, 5.74) is 2.28. The molecule has 5 nitrogen and oxygen atoms in total. The van der Waals surface area contributed by atoms with Gasteiger partial charge in [-0.1, -0.05) is 19.1 Å². The summed E-state index contributed by atoms with van der Waals surface area (Å²) in [6, 6.07) is 8.39. The number of amides is 1. The maximum absolute atomic E-state index is 12.6. The first-order valence-corrected chi connectivity index (χ1v) is 8.77. The van der Waals surface area contributed by atoms with E-state index in [0.717, 1.165) is 30.6 Å². The van der Waals surface area contributed by atoms with Crippen molar-refractivity contribution in [3.8, 4) is 0 Å². The number of aliphatic hydroxyl groups excluding tert-OH is 1. The Bertz CT molecular complexity index is 530. The van der Waals surface area contributed by atoms with Gasteiger partial charge in [0.2, 0.25) is 5.91 Å². The van der Waals surface area contributed by atoms with E-state index in [9.17, 15) is 9.90 Å². The highest BCUT2D eigenvalue weighted by molar-refractivity contribution is 5.78. The number of likely N-dealkylation sites (N-methyl/N-ethyl adjacent to an activating group) is 1. The summed E-state index contributed by atoms with van der Waals surface area (Å²) in [6.07, 6.45) is 2.23. The lowest BCUT2D eigenvalue weighted by atomic mass is 9.91. The summed E-state index contributed by atoms with van der Waals surface area (Å²) in [7, 11) is 5.88. The average Bonchev–Trinajstić information content (AvgIpc) is 2.55. The van der Waals surface area contributed by atoms with Crippen molar-refractivity contribution in [2.75, 3.05) is 45.7 Å². The van der Waals surface area contributed by atoms with Gasteiger partial charge in [-0.3, -0.25) is 9.69 Å². The molecular weight excluding hydrogens is 302 g/mol. The van der Waals surface area contributed by atoms with Crippen molar-refractivity contribution < 1.29 is 9.90 Å². The summed E-state index contributed by atoms with van der Waals surface area (Å²) in [5.74, 6) is 0.555. The number of nitrogens with zero attached hydrogens (tertiary/aromatic N) is 3. The van der Waals surface area contributed by atoms with E-state index in [-0.39, 0.29) is 18.6 Å². The molecule has 0 saturated carbocycles. The molecule has 5 heteroatoms. The molecule has 134 valence electrons. The van der Waals surface area contributed by atoms with Gasteiger partial charge in [0.15, 0.2) is 0 Å². The zero-order valence-corrected chi connectivity index (χ0v) is 15.4. The summed E-state index contributed by atoms with van der Waals surface area (Å²) in [6.45, 7) is 4.19. The van der Waals surface area contributed by atoms with Gasteiger partial charge in [0.25, 0.3) is 0 Å². The minimum Gasteiger partial charge on any atom is -0.395 e. The lowest BCUT2D eigenvalue weighted by molar-refractivity contribution is -0.133. The van der Waals surface area contributed by atoms with Crippen LogP contribution in [-0.4, -0.2) is 67.7 Å². The van der Waals surface area contributed by atoms with Crippen LogP contribution in [-0.2, 0) is 11.3 Å². The normalized spacial score (nSPS) is 21.5. The highest BCUT2D eigenvalue weighted by Gasteiger charge is 2.29. The summed E-state index contributed by atoms with van der Waals surface area (Å²) >= 11 is 0. The Labute approximate surface area is 145 Å². The molecule has 1 N–H and O–H groups in total. The molecule has 2 rings (SSSR count). The van der Waals surface area contributed by atoms with Crippen molar-refractivity contribution >= 4 is 11.6 Å². The summed E-state index contributed by atoms with van der Waals surface area (Å²) in [4.78, 5) is 18.5. The molecule has 24 heavy (non-hydrogen) atoms. The Balaban J connectivity index is 1.91. The first kappa shape index (κ1) is 18.7. The number of carbonyl (C=O) groups is 1. The monoisotopic (exact) mass is 333 g/mol. The molecule has 0 radical (unpaired) electrons. The van der Waals surface area contributed by atoms with E-state index < -0.39 is 0 Å². The number of anilines is 1. The molecule has 2 unspecified atom stereocenters. The number of benzene rings is 1. The lowest BCUT2D eigenvalue weighted by Crippen LogP contribution is -2.50. The number of likely N-dealkylation sites (tertiary alicyclic amines) is 1. The van der Waals surface area contributed by atoms with Crippen molar-refractivity contribution in [1.29, 1.82) is 0 Å². The van der Waals surface area contributed by atoms with Crippen molar-refractivity contribution in [3.63, 3.8) is 0 Å². The third-order valence-electron chi connectivity index (χ3n) is 5.05. The van der Waals surface area contributed by atoms with E-state index in [2.05, 4.69) is 41.0 Å². The Hall–Kier alpha value is -1.59. The topological polar surface area (TPSA) is 47.0 Å². The zero-order chi connectivity index (χ0) is 17.7. The number of rotatable bonds is 6. The van der Waals surface area contributed by atoms with E-state index in [4.69, 9.17) is 0 Å². The number of hydrogen-bond acceptors (Lipinski definition) is 4.